The van der Waals surface area contributed by atoms with Gasteiger partial charge < -0.3 is 5.73 Å². The molecular formula is C10H10Cl2N2O2. The minimum atomic E-state index is -0.555. The molecule has 1 aromatic carbocycles. The van der Waals surface area contributed by atoms with Gasteiger partial charge in [0.1, 0.15) is 5.69 Å². The summed E-state index contributed by atoms with van der Waals surface area (Å²) < 4.78 is 0. The first-order valence-corrected chi connectivity index (χ1v) is 5.43. The van der Waals surface area contributed by atoms with E-state index in [2.05, 4.69) is 0 Å². The third-order valence-electron chi connectivity index (χ3n) is 1.92. The molecule has 2 N–H and O–H groups in total. The number of nitrogens with two attached hydrogens (primary N) is 1. The van der Waals surface area contributed by atoms with Gasteiger partial charge in [-0.1, -0.05) is 23.8 Å². The van der Waals surface area contributed by atoms with Gasteiger partial charge in [-0.15, -0.1) is 11.6 Å². The summed E-state index contributed by atoms with van der Waals surface area (Å²) >= 11 is 11.3. The van der Waals surface area contributed by atoms with Crippen molar-refractivity contribution in [3.63, 3.8) is 0 Å². The predicted molar refractivity (Wildman–Crippen MR) is 66.9 cm³/mol. The third kappa shape index (κ3) is 3.12. The lowest BCUT2D eigenvalue weighted by atomic mass is 10.1. The Balaban J connectivity index is 3.14. The average molecular weight is 261 g/mol. The molecule has 0 aliphatic rings. The van der Waals surface area contributed by atoms with E-state index in [-0.39, 0.29) is 16.4 Å². The number of nitrogens with zero attached hydrogens (tertiary/aromatic N) is 1. The van der Waals surface area contributed by atoms with Crippen molar-refractivity contribution >= 4 is 40.7 Å². The first kappa shape index (κ1) is 12.8. The van der Waals surface area contributed by atoms with Gasteiger partial charge in [0.2, 0.25) is 0 Å². The van der Waals surface area contributed by atoms with Gasteiger partial charge in [-0.3, -0.25) is 10.1 Å². The van der Waals surface area contributed by atoms with Crippen LogP contribution in [0.1, 0.15) is 12.0 Å². The monoisotopic (exact) mass is 260 g/mol. The van der Waals surface area contributed by atoms with E-state index < -0.39 is 4.92 Å². The highest BCUT2D eigenvalue weighted by Crippen LogP contribution is 2.30. The van der Waals surface area contributed by atoms with Crippen LogP contribution >= 0.6 is 23.2 Å². The van der Waals surface area contributed by atoms with Gasteiger partial charge in [0, 0.05) is 22.5 Å². The lowest BCUT2D eigenvalue weighted by Crippen LogP contribution is -1.98. The van der Waals surface area contributed by atoms with Gasteiger partial charge in [0.15, 0.2) is 0 Å². The van der Waals surface area contributed by atoms with Crippen LogP contribution in [0.4, 0.5) is 11.4 Å². The van der Waals surface area contributed by atoms with Crippen LogP contribution in [0, 0.1) is 10.1 Å². The number of hydrogen-bond acceptors (Lipinski definition) is 3. The minimum Gasteiger partial charge on any atom is -0.393 e. The van der Waals surface area contributed by atoms with E-state index in [0.717, 1.165) is 0 Å². The van der Waals surface area contributed by atoms with Gasteiger partial charge in [-0.05, 0) is 12.5 Å². The van der Waals surface area contributed by atoms with Crippen LogP contribution in [0.2, 0.25) is 5.02 Å². The number of alkyl halides is 1. The molecule has 0 fully saturated rings. The molecular weight excluding hydrogens is 251 g/mol. The lowest BCUT2D eigenvalue weighted by molar-refractivity contribution is -0.383. The Hall–Kier alpha value is -1.26. The summed E-state index contributed by atoms with van der Waals surface area (Å²) in [6, 6.07) is 2.81. The van der Waals surface area contributed by atoms with E-state index in [4.69, 9.17) is 28.9 Å². The highest BCUT2D eigenvalue weighted by atomic mass is 35.5. The third-order valence-corrected chi connectivity index (χ3v) is 2.36. The number of rotatable bonds is 4. The highest BCUT2D eigenvalue weighted by Gasteiger charge is 2.14. The van der Waals surface area contributed by atoms with E-state index in [1.807, 2.05) is 0 Å². The molecule has 0 radical (unpaired) electrons. The summed E-state index contributed by atoms with van der Waals surface area (Å²) in [5, 5.41) is 11.0. The number of hydrogen-bond donors (Lipinski definition) is 1. The van der Waals surface area contributed by atoms with Gasteiger partial charge in [-0.2, -0.15) is 0 Å². The van der Waals surface area contributed by atoms with Crippen LogP contribution < -0.4 is 5.73 Å². The molecule has 16 heavy (non-hydrogen) atoms. The van der Waals surface area contributed by atoms with Crippen molar-refractivity contribution in [3.05, 3.63) is 38.9 Å². The Bertz CT molecular complexity index is 433. The summed E-state index contributed by atoms with van der Waals surface area (Å²) in [6.45, 7) is 0. The van der Waals surface area contributed by atoms with Gasteiger partial charge in [0.05, 0.1) is 4.92 Å². The normalized spacial score (nSPS) is 10.9. The largest absolute Gasteiger partial charge is 0.393 e. The fourth-order valence-corrected chi connectivity index (χ4v) is 1.53. The van der Waals surface area contributed by atoms with Crippen LogP contribution in [0.15, 0.2) is 18.2 Å². The Morgan fingerprint density at radius 3 is 2.75 bits per heavy atom. The topological polar surface area (TPSA) is 69.2 Å². The summed E-state index contributed by atoms with van der Waals surface area (Å²) in [7, 11) is 0. The van der Waals surface area contributed by atoms with E-state index >= 15 is 0 Å². The number of anilines is 1. The molecule has 4 nitrogen and oxygen atoms in total. The van der Waals surface area contributed by atoms with Crippen molar-refractivity contribution in [2.45, 2.75) is 6.42 Å². The molecule has 86 valence electrons. The zero-order valence-corrected chi connectivity index (χ0v) is 9.83. The Morgan fingerprint density at radius 1 is 1.50 bits per heavy atom. The molecule has 0 unspecified atom stereocenters. The Kier molecular flexibility index (Phi) is 4.58. The van der Waals surface area contributed by atoms with Crippen molar-refractivity contribution in [1.29, 1.82) is 0 Å². The fourth-order valence-electron chi connectivity index (χ4n) is 1.19. The molecule has 0 saturated carbocycles. The number of benzene rings is 1. The summed E-state index contributed by atoms with van der Waals surface area (Å²) in [6.07, 6.45) is 4.14. The summed E-state index contributed by atoms with van der Waals surface area (Å²) in [4.78, 5) is 10.1. The molecule has 0 spiro atoms. The van der Waals surface area contributed by atoms with Crippen LogP contribution in [-0.4, -0.2) is 10.8 Å². The summed E-state index contributed by atoms with van der Waals surface area (Å²) in [5.74, 6) is 0.485. The Labute approximate surface area is 103 Å². The molecule has 0 aliphatic heterocycles. The molecule has 0 aromatic heterocycles. The zero-order valence-electron chi connectivity index (χ0n) is 8.32. The molecule has 1 rings (SSSR count). The number of allylic oxidation sites excluding steroid dienone is 1. The second-order valence-corrected chi connectivity index (χ2v) is 3.88. The van der Waals surface area contributed by atoms with Crippen molar-refractivity contribution in [3.8, 4) is 0 Å². The minimum absolute atomic E-state index is 0.111. The molecule has 0 bridgehead atoms. The van der Waals surface area contributed by atoms with E-state index in [1.54, 1.807) is 18.2 Å². The SMILES string of the molecule is Nc1c(C=CCCCl)cc(Cl)cc1[N+](=O)[O-]. The van der Waals surface area contributed by atoms with Gasteiger partial charge in [0.25, 0.3) is 5.69 Å². The Morgan fingerprint density at radius 2 is 2.19 bits per heavy atom. The van der Waals surface area contributed by atoms with Gasteiger partial charge >= 0.3 is 0 Å². The first-order valence-electron chi connectivity index (χ1n) is 4.52. The van der Waals surface area contributed by atoms with Crippen molar-refractivity contribution in [1.82, 2.24) is 0 Å². The molecule has 6 heteroatoms. The maximum absolute atomic E-state index is 10.7. The lowest BCUT2D eigenvalue weighted by Gasteiger charge is -2.02. The second-order valence-electron chi connectivity index (χ2n) is 3.06. The predicted octanol–water partition coefficient (Wildman–Crippen LogP) is 3.47. The fraction of sp³-hybridized carbons (Fsp3) is 0.200. The highest BCUT2D eigenvalue weighted by molar-refractivity contribution is 6.31. The molecule has 0 atom stereocenters. The quantitative estimate of drug-likeness (QED) is 0.390. The average Bonchev–Trinajstić information content (AvgIpc) is 2.22. The maximum atomic E-state index is 10.7. The number of halogens is 2. The number of nitro benzene ring substituents is 1. The molecule has 0 aliphatic carbocycles. The molecule has 0 heterocycles. The van der Waals surface area contributed by atoms with Gasteiger partial charge in [-0.25, -0.2) is 0 Å². The van der Waals surface area contributed by atoms with Crippen LogP contribution in [0.3, 0.4) is 0 Å². The van der Waals surface area contributed by atoms with Crippen molar-refractivity contribution in [2.75, 3.05) is 11.6 Å². The maximum Gasteiger partial charge on any atom is 0.294 e. The zero-order chi connectivity index (χ0) is 12.1. The van der Waals surface area contributed by atoms with Crippen molar-refractivity contribution in [2.24, 2.45) is 0 Å². The standard InChI is InChI=1S/C10H10Cl2N2O2/c11-4-2-1-3-7-5-8(12)6-9(10(7)13)14(15)16/h1,3,5-6H,2,4,13H2. The number of nitro groups is 1. The van der Waals surface area contributed by atoms with Crippen molar-refractivity contribution < 1.29 is 4.92 Å². The summed E-state index contributed by atoms with van der Waals surface area (Å²) in [5.41, 5.74) is 6.11. The van der Waals surface area contributed by atoms with Crippen LogP contribution in [0.25, 0.3) is 6.08 Å². The second kappa shape index (κ2) is 5.72. The van der Waals surface area contributed by atoms with Crippen LogP contribution in [0.5, 0.6) is 0 Å². The van der Waals surface area contributed by atoms with E-state index in [1.165, 1.54) is 6.07 Å². The molecule has 0 amide bonds. The molecule has 0 saturated heterocycles. The first-order chi connectivity index (χ1) is 7.56. The van der Waals surface area contributed by atoms with E-state index in [0.29, 0.717) is 17.9 Å². The molecule has 1 aromatic rings. The number of nitrogen functional groups attached to an aromatic ring is 1. The smallest absolute Gasteiger partial charge is 0.294 e. The van der Waals surface area contributed by atoms with E-state index in [9.17, 15) is 10.1 Å². The van der Waals surface area contributed by atoms with Crippen LogP contribution in [-0.2, 0) is 0 Å².